The van der Waals surface area contributed by atoms with Crippen molar-refractivity contribution >= 4 is 34.2 Å². The summed E-state index contributed by atoms with van der Waals surface area (Å²) in [5, 5.41) is 0.596. The Hall–Kier alpha value is -2.77. The molecule has 0 saturated carbocycles. The molecule has 0 aliphatic heterocycles. The molecule has 0 radical (unpaired) electrons. The Morgan fingerprint density at radius 2 is 1.79 bits per heavy atom. The van der Waals surface area contributed by atoms with Gasteiger partial charge in [-0.25, -0.2) is 9.55 Å². The molecule has 1 N–H and O–H groups in total. The van der Waals surface area contributed by atoms with Crippen LogP contribution < -0.4 is 5.56 Å². The molecule has 0 bridgehead atoms. The molecule has 2 heterocycles. The van der Waals surface area contributed by atoms with Crippen LogP contribution in [0.3, 0.4) is 0 Å². The minimum absolute atomic E-state index is 0.154. The summed E-state index contributed by atoms with van der Waals surface area (Å²) < 4.78 is 3.95. The van der Waals surface area contributed by atoms with E-state index in [9.17, 15) is 4.79 Å². The lowest BCUT2D eigenvalue weighted by atomic mass is 10.2. The lowest BCUT2D eigenvalue weighted by Crippen LogP contribution is -2.29. The fourth-order valence-corrected chi connectivity index (χ4v) is 3.85. The molecule has 0 aliphatic rings. The normalized spacial score (nSPS) is 11.7. The van der Waals surface area contributed by atoms with Gasteiger partial charge in [0.05, 0.1) is 21.9 Å². The molecule has 2 aromatic carbocycles. The summed E-state index contributed by atoms with van der Waals surface area (Å²) in [6.45, 7) is 7.87. The van der Waals surface area contributed by atoms with Crippen molar-refractivity contribution < 1.29 is 0 Å². The van der Waals surface area contributed by atoms with Crippen LogP contribution in [0.1, 0.15) is 13.8 Å². The smallest absolute Gasteiger partial charge is 0.269 e. The Bertz CT molecular complexity index is 1250. The Kier molecular flexibility index (Phi) is 5.11. The number of imidazole rings is 1. The van der Waals surface area contributed by atoms with Crippen molar-refractivity contribution in [3.63, 3.8) is 0 Å². The largest absolute Gasteiger partial charge is 0.331 e. The number of aromatic amines is 1. The van der Waals surface area contributed by atoms with Crippen LogP contribution in [-0.2, 0) is 6.54 Å². The molecule has 0 unspecified atom stereocenters. The molecule has 0 amide bonds. The molecular formula is C21H23N5OS. The van der Waals surface area contributed by atoms with Gasteiger partial charge in [0.2, 0.25) is 5.95 Å². The Labute approximate surface area is 168 Å². The zero-order valence-electron chi connectivity index (χ0n) is 16.1. The van der Waals surface area contributed by atoms with E-state index in [-0.39, 0.29) is 5.56 Å². The number of nitrogens with one attached hydrogen (secondary N) is 1. The van der Waals surface area contributed by atoms with Gasteiger partial charge in [0.15, 0.2) is 4.77 Å². The Morgan fingerprint density at radius 3 is 2.57 bits per heavy atom. The van der Waals surface area contributed by atoms with E-state index < -0.39 is 0 Å². The highest BCUT2D eigenvalue weighted by Gasteiger charge is 2.16. The molecule has 0 atom stereocenters. The van der Waals surface area contributed by atoms with Gasteiger partial charge in [-0.3, -0.25) is 4.79 Å². The molecule has 0 aliphatic carbocycles. The van der Waals surface area contributed by atoms with Crippen molar-refractivity contribution in [3.05, 3.63) is 63.7 Å². The van der Waals surface area contributed by atoms with Gasteiger partial charge in [0.25, 0.3) is 5.56 Å². The highest BCUT2D eigenvalue weighted by atomic mass is 32.1. The van der Waals surface area contributed by atoms with Crippen molar-refractivity contribution in [1.29, 1.82) is 0 Å². The average molecular weight is 394 g/mol. The number of H-pyrrole nitrogens is 1. The molecule has 2 aromatic heterocycles. The van der Waals surface area contributed by atoms with Gasteiger partial charge in [-0.2, -0.15) is 0 Å². The Balaban J connectivity index is 1.94. The van der Waals surface area contributed by atoms with Gasteiger partial charge in [0, 0.05) is 13.1 Å². The molecule has 7 heteroatoms. The molecule has 4 rings (SSSR count). The van der Waals surface area contributed by atoms with Crippen LogP contribution in [0, 0.1) is 4.77 Å². The van der Waals surface area contributed by atoms with Crippen LogP contribution in [0.5, 0.6) is 0 Å². The van der Waals surface area contributed by atoms with Crippen LogP contribution in [0.25, 0.3) is 27.9 Å². The van der Waals surface area contributed by atoms with Crippen molar-refractivity contribution in [2.45, 2.75) is 20.4 Å². The lowest BCUT2D eigenvalue weighted by Gasteiger charge is -2.19. The average Bonchev–Trinajstić information content (AvgIpc) is 3.07. The first-order chi connectivity index (χ1) is 13.6. The fraction of sp³-hybridized carbons (Fsp3) is 0.286. The topological polar surface area (TPSA) is 58.9 Å². The summed E-state index contributed by atoms with van der Waals surface area (Å²) >= 11 is 5.54. The first-order valence-electron chi connectivity index (χ1n) is 9.56. The van der Waals surface area contributed by atoms with Crippen LogP contribution >= 0.6 is 12.2 Å². The highest BCUT2D eigenvalue weighted by molar-refractivity contribution is 7.71. The second-order valence-corrected chi connectivity index (χ2v) is 7.08. The molecule has 0 spiro atoms. The minimum atomic E-state index is -0.154. The number of para-hydroxylation sites is 3. The summed E-state index contributed by atoms with van der Waals surface area (Å²) in [4.78, 5) is 23.5. The molecule has 144 valence electrons. The minimum Gasteiger partial charge on any atom is -0.331 e. The molecular weight excluding hydrogens is 370 g/mol. The quantitative estimate of drug-likeness (QED) is 0.507. The number of benzene rings is 2. The zero-order valence-corrected chi connectivity index (χ0v) is 16.9. The van der Waals surface area contributed by atoms with Gasteiger partial charge in [-0.1, -0.05) is 38.1 Å². The lowest BCUT2D eigenvalue weighted by molar-refractivity contribution is 0.291. The SMILES string of the molecule is CCN(CC)CCn1c(-n2c(=S)[nH]c3ccccc3c2=O)nc2ccccc21. The second kappa shape index (κ2) is 7.69. The van der Waals surface area contributed by atoms with E-state index in [2.05, 4.69) is 28.3 Å². The third kappa shape index (κ3) is 3.16. The maximum Gasteiger partial charge on any atom is 0.269 e. The van der Waals surface area contributed by atoms with E-state index in [1.807, 2.05) is 48.5 Å². The van der Waals surface area contributed by atoms with Gasteiger partial charge in [-0.15, -0.1) is 0 Å². The Morgan fingerprint density at radius 1 is 1.07 bits per heavy atom. The molecule has 0 fully saturated rings. The summed E-state index contributed by atoms with van der Waals surface area (Å²) in [7, 11) is 0. The summed E-state index contributed by atoms with van der Waals surface area (Å²) in [5.41, 5.74) is 2.43. The van der Waals surface area contributed by atoms with E-state index in [1.165, 1.54) is 4.57 Å². The number of hydrogen-bond donors (Lipinski definition) is 1. The second-order valence-electron chi connectivity index (χ2n) is 6.70. The van der Waals surface area contributed by atoms with Gasteiger partial charge >= 0.3 is 0 Å². The van der Waals surface area contributed by atoms with Crippen LogP contribution in [0.2, 0.25) is 0 Å². The number of rotatable bonds is 6. The number of likely N-dealkylation sites (N-methyl/N-ethyl adjacent to an activating group) is 1. The summed E-state index contributed by atoms with van der Waals surface area (Å²) in [5.74, 6) is 0.561. The van der Waals surface area contributed by atoms with Crippen molar-refractivity contribution in [2.24, 2.45) is 0 Å². The maximum atomic E-state index is 13.2. The fourth-order valence-electron chi connectivity index (χ4n) is 3.58. The number of hydrogen-bond acceptors (Lipinski definition) is 4. The van der Waals surface area contributed by atoms with Gasteiger partial charge in [0.1, 0.15) is 0 Å². The van der Waals surface area contributed by atoms with E-state index in [0.29, 0.717) is 16.1 Å². The summed E-state index contributed by atoms with van der Waals surface area (Å²) in [6.07, 6.45) is 0. The monoisotopic (exact) mass is 393 g/mol. The van der Waals surface area contributed by atoms with Crippen LogP contribution in [0.15, 0.2) is 53.3 Å². The van der Waals surface area contributed by atoms with Crippen molar-refractivity contribution in [2.75, 3.05) is 19.6 Å². The molecule has 4 aromatic rings. The number of aromatic nitrogens is 4. The molecule has 0 saturated heterocycles. The van der Waals surface area contributed by atoms with Gasteiger partial charge < -0.3 is 14.5 Å². The van der Waals surface area contributed by atoms with E-state index in [4.69, 9.17) is 17.2 Å². The standard InChI is InChI=1S/C21H23N5OS/c1-3-24(4-2)13-14-25-18-12-8-7-11-17(18)22-20(25)26-19(27)15-9-5-6-10-16(15)23-21(26)28/h5-12H,3-4,13-14H2,1-2H3,(H,23,28). The maximum absolute atomic E-state index is 13.2. The summed E-state index contributed by atoms with van der Waals surface area (Å²) in [6, 6.07) is 15.4. The third-order valence-corrected chi connectivity index (χ3v) is 5.46. The molecule has 28 heavy (non-hydrogen) atoms. The first kappa shape index (κ1) is 18.6. The van der Waals surface area contributed by atoms with Crippen LogP contribution in [0.4, 0.5) is 0 Å². The van der Waals surface area contributed by atoms with Crippen molar-refractivity contribution in [1.82, 2.24) is 24.0 Å². The third-order valence-electron chi connectivity index (χ3n) is 5.17. The molecule has 6 nitrogen and oxygen atoms in total. The highest BCUT2D eigenvalue weighted by Crippen LogP contribution is 2.19. The van der Waals surface area contributed by atoms with E-state index in [0.717, 1.165) is 42.7 Å². The van der Waals surface area contributed by atoms with E-state index >= 15 is 0 Å². The predicted molar refractivity (Wildman–Crippen MR) is 116 cm³/mol. The van der Waals surface area contributed by atoms with E-state index in [1.54, 1.807) is 0 Å². The van der Waals surface area contributed by atoms with Gasteiger partial charge in [-0.05, 0) is 49.6 Å². The van der Waals surface area contributed by atoms with Crippen LogP contribution in [-0.4, -0.2) is 43.6 Å². The number of nitrogens with zero attached hydrogens (tertiary/aromatic N) is 4. The first-order valence-corrected chi connectivity index (χ1v) is 9.97. The van der Waals surface area contributed by atoms with Crippen molar-refractivity contribution in [3.8, 4) is 5.95 Å². The predicted octanol–water partition coefficient (Wildman–Crippen LogP) is 3.74. The zero-order chi connectivity index (χ0) is 19.7. The number of fused-ring (bicyclic) bond motifs is 2.